The average molecular weight is 1120 g/mol. The van der Waals surface area contributed by atoms with Crippen LogP contribution in [0.15, 0.2) is 259 Å². The lowest BCUT2D eigenvalue weighted by atomic mass is 9.30. The summed E-state index contributed by atoms with van der Waals surface area (Å²) in [6.45, 7) is 16.0. The Morgan fingerprint density at radius 2 is 0.713 bits per heavy atom. The van der Waals surface area contributed by atoms with Crippen molar-refractivity contribution in [2.45, 2.75) is 59.3 Å². The van der Waals surface area contributed by atoms with Crippen LogP contribution >= 0.6 is 0 Å². The van der Waals surface area contributed by atoms with Crippen molar-refractivity contribution < 1.29 is 4.42 Å². The number of aryl methyl sites for hydroxylation is 1. The van der Waals surface area contributed by atoms with Gasteiger partial charge in [-0.15, -0.1) is 0 Å². The van der Waals surface area contributed by atoms with Gasteiger partial charge in [0.15, 0.2) is 11.5 Å². The summed E-state index contributed by atoms with van der Waals surface area (Å²) < 4.78 is 7.81. The van der Waals surface area contributed by atoms with Crippen LogP contribution in [-0.2, 0) is 10.8 Å². The highest BCUT2D eigenvalue weighted by Crippen LogP contribution is 2.64. The van der Waals surface area contributed by atoms with Crippen LogP contribution in [-0.4, -0.2) is 13.4 Å². The van der Waals surface area contributed by atoms with Crippen LogP contribution in [0.5, 0.6) is 0 Å². The normalized spacial score (nSPS) is 13.8. The van der Waals surface area contributed by atoms with Crippen molar-refractivity contribution in [1.82, 2.24) is 0 Å². The maximum absolute atomic E-state index is 7.81. The lowest BCUT2D eigenvalue weighted by molar-refractivity contribution is 0.590. The summed E-state index contributed by atoms with van der Waals surface area (Å²) in [5, 5.41) is 0. The standard InChI is InChI=1S/C79H63B2N5O/c1-50-44-66-70-67(45-50)85-72-61(80(70)60-40-38-54(79(5,6)7)47-65(60)84(66)58-36-24-13-25-37-58)41-42-62-73(72)86(75-74(85)76(51-26-14-8-15-27-51)87-77(75)52-28-16-9-17-29-52)69-49-59(82(55-30-18-10-19-31-55)56-32-20-11-21-33-56)48-68-71(69)81(62)63-46-53(78(2,3)4)39-43-64(63)83(68)57-34-22-12-23-35-57/h8-49H,1-7H3. The molecule has 1 aromatic heterocycles. The molecule has 5 aliphatic heterocycles. The fourth-order valence-corrected chi connectivity index (χ4v) is 14.9. The van der Waals surface area contributed by atoms with E-state index in [0.717, 1.165) is 79.5 Å². The SMILES string of the molecule is Cc1cc2c3c(c1)N1c4c(ccc5c4N(c4cc(N(c6ccccc6)c6ccccc6)cc6c4B5c4cc(C(C)(C)C)ccc4N6c4ccccc4)c4c(-c5ccccc5)oc(-c5ccccc5)c41)B3c1ccc(C(C)(C)C)cc1N2c1ccccc1. The van der Waals surface area contributed by atoms with Crippen LogP contribution < -0.4 is 57.3 Å². The molecule has 416 valence electrons. The number of hydrogen-bond donors (Lipinski definition) is 0. The van der Waals surface area contributed by atoms with Crippen molar-refractivity contribution in [1.29, 1.82) is 0 Å². The van der Waals surface area contributed by atoms with Crippen molar-refractivity contribution in [3.8, 4) is 22.6 Å². The summed E-state index contributed by atoms with van der Waals surface area (Å²) in [7, 11) is 0. The molecule has 0 spiro atoms. The first kappa shape index (κ1) is 51.3. The Balaban J connectivity index is 1.06. The van der Waals surface area contributed by atoms with E-state index in [9.17, 15) is 0 Å². The fraction of sp³-hybridized carbons (Fsp3) is 0.114. The second-order valence-corrected chi connectivity index (χ2v) is 26.2. The van der Waals surface area contributed by atoms with Gasteiger partial charge >= 0.3 is 0 Å². The van der Waals surface area contributed by atoms with Gasteiger partial charge in [0.2, 0.25) is 0 Å². The maximum atomic E-state index is 7.81. The molecule has 12 aromatic rings. The van der Waals surface area contributed by atoms with Crippen LogP contribution in [0.25, 0.3) is 22.6 Å². The molecule has 0 aliphatic carbocycles. The van der Waals surface area contributed by atoms with Gasteiger partial charge in [-0.25, -0.2) is 0 Å². The molecular formula is C79H63B2N5O. The van der Waals surface area contributed by atoms with Crippen LogP contribution in [0, 0.1) is 6.92 Å². The molecule has 0 atom stereocenters. The van der Waals surface area contributed by atoms with E-state index in [1.165, 1.54) is 77.9 Å². The van der Waals surface area contributed by atoms with Crippen LogP contribution in [0.1, 0.15) is 58.2 Å². The lowest BCUT2D eigenvalue weighted by Crippen LogP contribution is -2.65. The zero-order chi connectivity index (χ0) is 58.6. The molecule has 8 heteroatoms. The van der Waals surface area contributed by atoms with Gasteiger partial charge in [-0.05, 0) is 152 Å². The minimum absolute atomic E-state index is 0.0833. The number of benzene rings is 11. The van der Waals surface area contributed by atoms with Crippen molar-refractivity contribution >= 4 is 132 Å². The first-order valence-corrected chi connectivity index (χ1v) is 30.7. The van der Waals surface area contributed by atoms with E-state index in [1.807, 2.05) is 0 Å². The monoisotopic (exact) mass is 1120 g/mol. The highest BCUT2D eigenvalue weighted by molar-refractivity contribution is 7.03. The molecule has 11 aromatic carbocycles. The predicted molar refractivity (Wildman–Crippen MR) is 368 cm³/mol. The van der Waals surface area contributed by atoms with Crippen molar-refractivity contribution in [2.24, 2.45) is 0 Å². The Hall–Kier alpha value is -10.2. The second kappa shape index (κ2) is 18.9. The molecule has 0 bridgehead atoms. The van der Waals surface area contributed by atoms with Gasteiger partial charge in [0.05, 0.1) is 17.1 Å². The van der Waals surface area contributed by atoms with E-state index in [2.05, 4.69) is 328 Å². The minimum atomic E-state index is -0.167. The van der Waals surface area contributed by atoms with Gasteiger partial charge in [0.1, 0.15) is 11.4 Å². The Labute approximate surface area is 511 Å². The smallest absolute Gasteiger partial charge is 0.252 e. The molecule has 5 aliphatic rings. The summed E-state index contributed by atoms with van der Waals surface area (Å²) >= 11 is 0. The van der Waals surface area contributed by atoms with Gasteiger partial charge < -0.3 is 28.9 Å². The molecule has 6 heterocycles. The van der Waals surface area contributed by atoms with E-state index in [-0.39, 0.29) is 24.3 Å². The highest BCUT2D eigenvalue weighted by Gasteiger charge is 2.54. The fourth-order valence-electron chi connectivity index (χ4n) is 14.9. The van der Waals surface area contributed by atoms with Crippen molar-refractivity contribution in [3.05, 3.63) is 271 Å². The number of fused-ring (bicyclic) bond motifs is 11. The molecule has 0 fully saturated rings. The lowest BCUT2D eigenvalue weighted by Gasteiger charge is -2.52. The largest absolute Gasteiger partial charge is 0.452 e. The summed E-state index contributed by atoms with van der Waals surface area (Å²) in [6.07, 6.45) is 0. The third-order valence-electron chi connectivity index (χ3n) is 18.8. The zero-order valence-corrected chi connectivity index (χ0v) is 50.0. The van der Waals surface area contributed by atoms with E-state index in [1.54, 1.807) is 0 Å². The van der Waals surface area contributed by atoms with E-state index >= 15 is 0 Å². The van der Waals surface area contributed by atoms with Crippen LogP contribution in [0.4, 0.5) is 85.3 Å². The summed E-state index contributed by atoms with van der Waals surface area (Å²) in [5.74, 6) is 1.63. The summed E-state index contributed by atoms with van der Waals surface area (Å²) in [6, 6.07) is 95.0. The number of hydrogen-bond acceptors (Lipinski definition) is 6. The third kappa shape index (κ3) is 7.62. The van der Waals surface area contributed by atoms with Gasteiger partial charge in [0.25, 0.3) is 13.4 Å². The number of furan rings is 1. The van der Waals surface area contributed by atoms with Gasteiger partial charge in [-0.2, -0.15) is 0 Å². The number of nitrogens with zero attached hydrogens (tertiary/aromatic N) is 5. The third-order valence-corrected chi connectivity index (χ3v) is 18.8. The molecule has 87 heavy (non-hydrogen) atoms. The highest BCUT2D eigenvalue weighted by atomic mass is 16.3. The molecule has 0 saturated carbocycles. The summed E-state index contributed by atoms with van der Waals surface area (Å²) in [4.78, 5) is 12.8. The molecule has 6 nitrogen and oxygen atoms in total. The minimum Gasteiger partial charge on any atom is -0.452 e. The Morgan fingerprint density at radius 1 is 0.322 bits per heavy atom. The molecular weight excluding hydrogens is 1060 g/mol. The van der Waals surface area contributed by atoms with E-state index in [4.69, 9.17) is 4.42 Å². The number of anilines is 15. The van der Waals surface area contributed by atoms with Gasteiger partial charge in [-0.3, -0.25) is 0 Å². The van der Waals surface area contributed by atoms with Crippen LogP contribution in [0.3, 0.4) is 0 Å². The number of para-hydroxylation sites is 4. The van der Waals surface area contributed by atoms with Crippen molar-refractivity contribution in [3.63, 3.8) is 0 Å². The first-order chi connectivity index (χ1) is 42.4. The quantitative estimate of drug-likeness (QED) is 0.148. The predicted octanol–water partition coefficient (Wildman–Crippen LogP) is 17.5. The zero-order valence-electron chi connectivity index (χ0n) is 50.0. The van der Waals surface area contributed by atoms with Crippen LogP contribution in [0.2, 0.25) is 0 Å². The Bertz CT molecular complexity index is 4710. The maximum Gasteiger partial charge on any atom is 0.252 e. The second-order valence-electron chi connectivity index (χ2n) is 26.2. The molecule has 0 amide bonds. The molecule has 0 radical (unpaired) electrons. The van der Waals surface area contributed by atoms with Crippen molar-refractivity contribution in [2.75, 3.05) is 24.5 Å². The number of rotatable bonds is 7. The molecule has 0 unspecified atom stereocenters. The molecule has 0 saturated heterocycles. The first-order valence-electron chi connectivity index (χ1n) is 30.7. The van der Waals surface area contributed by atoms with Gasteiger partial charge in [0, 0.05) is 68.0 Å². The summed E-state index contributed by atoms with van der Waals surface area (Å²) in [5.41, 5.74) is 30.0. The Morgan fingerprint density at radius 3 is 1.21 bits per heavy atom. The average Bonchev–Trinajstić information content (AvgIpc) is 1.62. The van der Waals surface area contributed by atoms with E-state index in [0.29, 0.717) is 0 Å². The van der Waals surface area contributed by atoms with E-state index < -0.39 is 0 Å². The topological polar surface area (TPSA) is 29.3 Å². The molecule has 17 rings (SSSR count). The van der Waals surface area contributed by atoms with Gasteiger partial charge in [-0.1, -0.05) is 211 Å². The molecule has 0 N–H and O–H groups in total. The Kier molecular flexibility index (Phi) is 11.1.